The zero-order chi connectivity index (χ0) is 22.3. The Morgan fingerprint density at radius 2 is 2.00 bits per heavy atom. The SMILES string of the molecule is Cc1ccc(NC(=O)C2CCCN(C(=O)CCCn3nnc(-c4ccccc4)n3)C2)nc1. The molecular formula is C23H27N7O2. The summed E-state index contributed by atoms with van der Waals surface area (Å²) in [5.74, 6) is 0.865. The smallest absolute Gasteiger partial charge is 0.230 e. The molecule has 3 aromatic rings. The van der Waals surface area contributed by atoms with Crippen molar-refractivity contribution in [2.45, 2.75) is 39.2 Å². The van der Waals surface area contributed by atoms with E-state index in [4.69, 9.17) is 0 Å². The van der Waals surface area contributed by atoms with E-state index < -0.39 is 0 Å². The number of aryl methyl sites for hydroxylation is 2. The molecule has 0 bridgehead atoms. The predicted octanol–water partition coefficient (Wildman–Crippen LogP) is 2.70. The number of hydrogen-bond donors (Lipinski definition) is 1. The number of tetrazole rings is 1. The summed E-state index contributed by atoms with van der Waals surface area (Å²) in [6.45, 7) is 3.59. The van der Waals surface area contributed by atoms with Crippen molar-refractivity contribution in [3.63, 3.8) is 0 Å². The maximum absolute atomic E-state index is 12.7. The zero-order valence-electron chi connectivity index (χ0n) is 18.1. The third-order valence-electron chi connectivity index (χ3n) is 5.54. The summed E-state index contributed by atoms with van der Waals surface area (Å²) >= 11 is 0. The summed E-state index contributed by atoms with van der Waals surface area (Å²) in [5, 5.41) is 15.4. The molecule has 1 aliphatic rings. The van der Waals surface area contributed by atoms with E-state index >= 15 is 0 Å². The van der Waals surface area contributed by atoms with Crippen molar-refractivity contribution in [3.05, 3.63) is 54.2 Å². The summed E-state index contributed by atoms with van der Waals surface area (Å²) in [6, 6.07) is 13.4. The number of aromatic nitrogens is 5. The molecule has 9 nitrogen and oxygen atoms in total. The standard InChI is InChI=1S/C23H27N7O2/c1-17-11-12-20(24-15-17)25-23(32)19-9-5-13-29(16-19)21(31)10-6-14-30-27-22(26-28-30)18-7-3-2-4-8-18/h2-4,7-8,11-12,15,19H,5-6,9-10,13-14,16H2,1H3,(H,24,25,32). The van der Waals surface area contributed by atoms with Crippen molar-refractivity contribution in [3.8, 4) is 11.4 Å². The van der Waals surface area contributed by atoms with Gasteiger partial charge in [-0.25, -0.2) is 4.98 Å². The maximum atomic E-state index is 12.7. The lowest BCUT2D eigenvalue weighted by molar-refractivity contribution is -0.134. The number of carbonyl (C=O) groups is 2. The molecule has 1 N–H and O–H groups in total. The normalized spacial score (nSPS) is 16.0. The molecule has 32 heavy (non-hydrogen) atoms. The van der Waals surface area contributed by atoms with Gasteiger partial charge in [0, 0.05) is 31.3 Å². The van der Waals surface area contributed by atoms with Crippen molar-refractivity contribution >= 4 is 17.6 Å². The largest absolute Gasteiger partial charge is 0.342 e. The van der Waals surface area contributed by atoms with E-state index in [-0.39, 0.29) is 17.7 Å². The van der Waals surface area contributed by atoms with Crippen LogP contribution in [0.4, 0.5) is 5.82 Å². The highest BCUT2D eigenvalue weighted by atomic mass is 16.2. The fourth-order valence-corrected chi connectivity index (χ4v) is 3.76. The van der Waals surface area contributed by atoms with Crippen LogP contribution in [0.5, 0.6) is 0 Å². The second-order valence-corrected chi connectivity index (χ2v) is 8.07. The fraction of sp³-hybridized carbons (Fsp3) is 0.391. The lowest BCUT2D eigenvalue weighted by atomic mass is 9.96. The van der Waals surface area contributed by atoms with Gasteiger partial charge in [0.2, 0.25) is 17.6 Å². The number of likely N-dealkylation sites (tertiary alicyclic amines) is 1. The molecule has 3 heterocycles. The average molecular weight is 434 g/mol. The van der Waals surface area contributed by atoms with Crippen molar-refractivity contribution in [1.29, 1.82) is 0 Å². The molecule has 1 fully saturated rings. The van der Waals surface area contributed by atoms with Gasteiger partial charge in [-0.1, -0.05) is 36.4 Å². The Kier molecular flexibility index (Phi) is 6.84. The fourth-order valence-electron chi connectivity index (χ4n) is 3.76. The summed E-state index contributed by atoms with van der Waals surface area (Å²) in [4.78, 5) is 32.9. The van der Waals surface area contributed by atoms with Gasteiger partial charge in [0.1, 0.15) is 5.82 Å². The number of carbonyl (C=O) groups excluding carboxylic acids is 2. The first-order valence-corrected chi connectivity index (χ1v) is 10.9. The average Bonchev–Trinajstić information content (AvgIpc) is 3.30. The number of amides is 2. The maximum Gasteiger partial charge on any atom is 0.230 e. The van der Waals surface area contributed by atoms with E-state index in [1.807, 2.05) is 43.3 Å². The summed E-state index contributed by atoms with van der Waals surface area (Å²) in [5.41, 5.74) is 1.95. The Labute approximate surface area is 186 Å². The van der Waals surface area contributed by atoms with Crippen LogP contribution in [0.1, 0.15) is 31.2 Å². The second kappa shape index (κ2) is 10.1. The lowest BCUT2D eigenvalue weighted by Gasteiger charge is -2.32. The Bertz CT molecular complexity index is 1050. The van der Waals surface area contributed by atoms with Crippen LogP contribution in [-0.2, 0) is 16.1 Å². The number of piperidine rings is 1. The first kappa shape index (κ1) is 21.6. The molecule has 2 aromatic heterocycles. The van der Waals surface area contributed by atoms with E-state index in [0.29, 0.717) is 44.1 Å². The van der Waals surface area contributed by atoms with Crippen LogP contribution >= 0.6 is 0 Å². The molecule has 9 heteroatoms. The topological polar surface area (TPSA) is 106 Å². The monoisotopic (exact) mass is 433 g/mol. The van der Waals surface area contributed by atoms with Gasteiger partial charge in [0.25, 0.3) is 0 Å². The molecule has 0 aliphatic carbocycles. The predicted molar refractivity (Wildman–Crippen MR) is 119 cm³/mol. The molecule has 1 aromatic carbocycles. The van der Waals surface area contributed by atoms with Crippen LogP contribution in [0.25, 0.3) is 11.4 Å². The molecule has 1 aliphatic heterocycles. The highest BCUT2D eigenvalue weighted by molar-refractivity contribution is 5.92. The number of anilines is 1. The minimum atomic E-state index is -0.221. The number of nitrogens with one attached hydrogen (secondary N) is 1. The van der Waals surface area contributed by atoms with Crippen LogP contribution in [-0.4, -0.2) is 55.0 Å². The summed E-state index contributed by atoms with van der Waals surface area (Å²) in [6.07, 6.45) is 4.31. The van der Waals surface area contributed by atoms with E-state index in [2.05, 4.69) is 25.7 Å². The number of benzene rings is 1. The van der Waals surface area contributed by atoms with Gasteiger partial charge >= 0.3 is 0 Å². The van der Waals surface area contributed by atoms with Gasteiger partial charge in [-0.15, -0.1) is 10.2 Å². The highest BCUT2D eigenvalue weighted by Crippen LogP contribution is 2.19. The zero-order valence-corrected chi connectivity index (χ0v) is 18.1. The number of hydrogen-bond acceptors (Lipinski definition) is 6. The van der Waals surface area contributed by atoms with Crippen LogP contribution in [0.15, 0.2) is 48.7 Å². The van der Waals surface area contributed by atoms with E-state index in [9.17, 15) is 9.59 Å². The van der Waals surface area contributed by atoms with Gasteiger partial charge in [0.15, 0.2) is 0 Å². The van der Waals surface area contributed by atoms with Crippen molar-refractivity contribution < 1.29 is 9.59 Å². The quantitative estimate of drug-likeness (QED) is 0.614. The van der Waals surface area contributed by atoms with E-state index in [0.717, 1.165) is 24.0 Å². The Balaban J connectivity index is 1.24. The minimum absolute atomic E-state index is 0.0550. The van der Waals surface area contributed by atoms with Gasteiger partial charge in [0.05, 0.1) is 12.5 Å². The molecule has 0 radical (unpaired) electrons. The van der Waals surface area contributed by atoms with Crippen LogP contribution < -0.4 is 5.32 Å². The minimum Gasteiger partial charge on any atom is -0.342 e. The number of pyridine rings is 1. The van der Waals surface area contributed by atoms with E-state index in [1.165, 1.54) is 4.80 Å². The number of rotatable bonds is 7. The van der Waals surface area contributed by atoms with Crippen molar-refractivity contribution in [2.24, 2.45) is 5.92 Å². The second-order valence-electron chi connectivity index (χ2n) is 8.07. The summed E-state index contributed by atoms with van der Waals surface area (Å²) in [7, 11) is 0. The van der Waals surface area contributed by atoms with Crippen LogP contribution in [0.3, 0.4) is 0 Å². The molecule has 1 saturated heterocycles. The Hall–Kier alpha value is -3.62. The first-order chi connectivity index (χ1) is 15.6. The molecular weight excluding hydrogens is 406 g/mol. The van der Waals surface area contributed by atoms with Crippen molar-refractivity contribution in [2.75, 3.05) is 18.4 Å². The molecule has 2 amide bonds. The summed E-state index contributed by atoms with van der Waals surface area (Å²) < 4.78 is 0. The molecule has 1 atom stereocenters. The Morgan fingerprint density at radius 3 is 2.78 bits per heavy atom. The first-order valence-electron chi connectivity index (χ1n) is 10.9. The van der Waals surface area contributed by atoms with Gasteiger partial charge in [-0.2, -0.15) is 4.80 Å². The number of nitrogens with zero attached hydrogens (tertiary/aromatic N) is 6. The van der Waals surface area contributed by atoms with E-state index in [1.54, 1.807) is 17.2 Å². The molecule has 0 spiro atoms. The lowest BCUT2D eigenvalue weighted by Crippen LogP contribution is -2.43. The third kappa shape index (κ3) is 5.54. The third-order valence-corrected chi connectivity index (χ3v) is 5.54. The Morgan fingerprint density at radius 1 is 1.16 bits per heavy atom. The van der Waals surface area contributed by atoms with Gasteiger partial charge in [-0.05, 0) is 43.0 Å². The molecule has 166 valence electrons. The molecule has 0 saturated carbocycles. The highest BCUT2D eigenvalue weighted by Gasteiger charge is 2.28. The molecule has 1 unspecified atom stereocenters. The van der Waals surface area contributed by atoms with Gasteiger partial charge in [-0.3, -0.25) is 9.59 Å². The van der Waals surface area contributed by atoms with Crippen LogP contribution in [0.2, 0.25) is 0 Å². The van der Waals surface area contributed by atoms with Crippen molar-refractivity contribution in [1.82, 2.24) is 30.1 Å². The van der Waals surface area contributed by atoms with Crippen LogP contribution in [0, 0.1) is 12.8 Å². The van der Waals surface area contributed by atoms with Gasteiger partial charge < -0.3 is 10.2 Å². The molecule has 4 rings (SSSR count).